The predicted octanol–water partition coefficient (Wildman–Crippen LogP) is 1.22. The number of benzene rings is 1. The van der Waals surface area contributed by atoms with Crippen molar-refractivity contribution in [2.45, 2.75) is 38.5 Å². The third-order valence-corrected chi connectivity index (χ3v) is 2.33. The van der Waals surface area contributed by atoms with Crippen molar-refractivity contribution in [2.75, 3.05) is 0 Å². The van der Waals surface area contributed by atoms with E-state index in [-0.39, 0.29) is 12.5 Å². The largest absolute Gasteiger partial charge is 0.460 e. The molecule has 0 aliphatic carbocycles. The monoisotopic (exact) mass is 237 g/mol. The Morgan fingerprint density at radius 2 is 2.00 bits per heavy atom. The number of carbonyl (C=O) groups excluding carboxylic acids is 1. The number of carbonyl (C=O) groups is 1. The van der Waals surface area contributed by atoms with E-state index in [4.69, 9.17) is 10.5 Å². The maximum absolute atomic E-state index is 11.5. The van der Waals surface area contributed by atoms with Crippen LogP contribution in [0.25, 0.3) is 0 Å². The molecule has 0 radical (unpaired) electrons. The Hall–Kier alpha value is -1.39. The van der Waals surface area contributed by atoms with Gasteiger partial charge < -0.3 is 9.84 Å². The van der Waals surface area contributed by atoms with Gasteiger partial charge in [0.1, 0.15) is 0 Å². The molecule has 0 bridgehead atoms. The number of aliphatic hydroxyl groups is 1. The molecular formula is C13H19NO3. The van der Waals surface area contributed by atoms with E-state index in [1.165, 1.54) is 0 Å². The lowest BCUT2D eigenvalue weighted by Crippen LogP contribution is -2.50. The van der Waals surface area contributed by atoms with Gasteiger partial charge in [-0.15, -0.1) is 0 Å². The summed E-state index contributed by atoms with van der Waals surface area (Å²) >= 11 is 0. The fourth-order valence-corrected chi connectivity index (χ4v) is 1.40. The van der Waals surface area contributed by atoms with Crippen molar-refractivity contribution in [3.05, 3.63) is 35.9 Å². The highest BCUT2D eigenvalue weighted by Crippen LogP contribution is 2.12. The van der Waals surface area contributed by atoms with Gasteiger partial charge in [0.2, 0.25) is 5.72 Å². The maximum Gasteiger partial charge on any atom is 0.353 e. The lowest BCUT2D eigenvalue weighted by Gasteiger charge is -2.22. The molecular weight excluding hydrogens is 218 g/mol. The van der Waals surface area contributed by atoms with Crippen LogP contribution >= 0.6 is 0 Å². The van der Waals surface area contributed by atoms with Crippen LogP contribution in [0.2, 0.25) is 0 Å². The molecule has 0 saturated carbocycles. The summed E-state index contributed by atoms with van der Waals surface area (Å²) in [5.41, 5.74) is 4.64. The quantitative estimate of drug-likeness (QED) is 0.596. The average Bonchev–Trinajstić information content (AvgIpc) is 2.27. The van der Waals surface area contributed by atoms with Crippen molar-refractivity contribution in [3.8, 4) is 0 Å². The first-order valence-corrected chi connectivity index (χ1v) is 5.68. The van der Waals surface area contributed by atoms with Gasteiger partial charge in [-0.3, -0.25) is 5.73 Å². The second kappa shape index (κ2) is 5.80. The molecule has 0 amide bonds. The summed E-state index contributed by atoms with van der Waals surface area (Å²) in [6.45, 7) is 3.43. The van der Waals surface area contributed by atoms with E-state index in [0.717, 1.165) is 5.56 Å². The van der Waals surface area contributed by atoms with Crippen LogP contribution in [0.3, 0.4) is 0 Å². The van der Waals surface area contributed by atoms with Crippen LogP contribution < -0.4 is 5.73 Å². The number of ether oxygens (including phenoxy) is 1. The normalized spacial score (nSPS) is 14.4. The van der Waals surface area contributed by atoms with Gasteiger partial charge in [0.25, 0.3) is 0 Å². The van der Waals surface area contributed by atoms with Crippen LogP contribution in [0.4, 0.5) is 0 Å². The number of aryl methyl sites for hydroxylation is 1. The molecule has 4 heteroatoms. The summed E-state index contributed by atoms with van der Waals surface area (Å²) in [6.07, 6.45) is 0.387. The van der Waals surface area contributed by atoms with Gasteiger partial charge in [-0.2, -0.15) is 0 Å². The van der Waals surface area contributed by atoms with E-state index in [1.807, 2.05) is 30.3 Å². The smallest absolute Gasteiger partial charge is 0.353 e. The molecule has 1 aromatic rings. The Bertz CT molecular complexity index is 360. The van der Waals surface area contributed by atoms with Crippen molar-refractivity contribution >= 4 is 5.97 Å². The maximum atomic E-state index is 11.5. The molecule has 3 N–H and O–H groups in total. The first-order valence-electron chi connectivity index (χ1n) is 5.68. The van der Waals surface area contributed by atoms with Crippen molar-refractivity contribution in [1.82, 2.24) is 0 Å². The number of hydrogen-bond donors (Lipinski definition) is 2. The summed E-state index contributed by atoms with van der Waals surface area (Å²) < 4.78 is 4.89. The minimum atomic E-state index is -1.92. The highest BCUT2D eigenvalue weighted by Gasteiger charge is 2.33. The van der Waals surface area contributed by atoms with Gasteiger partial charge in [0.05, 0.1) is 6.10 Å². The molecule has 0 saturated heterocycles. The zero-order chi connectivity index (χ0) is 12.9. The lowest BCUT2D eigenvalue weighted by molar-refractivity contribution is -0.169. The molecule has 1 atom stereocenters. The molecule has 1 aromatic carbocycles. The van der Waals surface area contributed by atoms with Crippen molar-refractivity contribution in [3.63, 3.8) is 0 Å². The van der Waals surface area contributed by atoms with Gasteiger partial charge in [-0.05, 0) is 25.8 Å². The van der Waals surface area contributed by atoms with Gasteiger partial charge in [0, 0.05) is 6.42 Å². The molecule has 1 rings (SSSR count). The molecule has 17 heavy (non-hydrogen) atoms. The lowest BCUT2D eigenvalue weighted by atomic mass is 10.0. The zero-order valence-electron chi connectivity index (χ0n) is 10.2. The average molecular weight is 237 g/mol. The molecule has 4 nitrogen and oxygen atoms in total. The highest BCUT2D eigenvalue weighted by atomic mass is 16.6. The minimum absolute atomic E-state index is 0.141. The minimum Gasteiger partial charge on any atom is -0.460 e. The third kappa shape index (κ3) is 4.54. The van der Waals surface area contributed by atoms with Gasteiger partial charge >= 0.3 is 5.97 Å². The standard InChI is InChI=1S/C13H19NO3/c1-10(2)17-12(15)13(14,16)9-8-11-6-4-3-5-7-11/h3-7,10,16H,8-9,14H2,1-2H3/t13-/m1/s1. The predicted molar refractivity (Wildman–Crippen MR) is 65.1 cm³/mol. The van der Waals surface area contributed by atoms with E-state index in [1.54, 1.807) is 13.8 Å². The Kier molecular flexibility index (Phi) is 4.66. The second-order valence-electron chi connectivity index (χ2n) is 4.36. The molecule has 0 fully saturated rings. The molecule has 0 aliphatic rings. The number of esters is 1. The number of rotatable bonds is 5. The van der Waals surface area contributed by atoms with Crippen LogP contribution in [-0.4, -0.2) is 22.9 Å². The summed E-state index contributed by atoms with van der Waals surface area (Å²) in [7, 11) is 0. The Labute approximate surface area is 101 Å². The molecule has 0 heterocycles. The number of hydrogen-bond acceptors (Lipinski definition) is 4. The van der Waals surface area contributed by atoms with Crippen LogP contribution in [-0.2, 0) is 16.0 Å². The summed E-state index contributed by atoms with van der Waals surface area (Å²) in [4.78, 5) is 11.5. The fraction of sp³-hybridized carbons (Fsp3) is 0.462. The molecule has 0 spiro atoms. The van der Waals surface area contributed by atoms with E-state index < -0.39 is 11.7 Å². The van der Waals surface area contributed by atoms with Gasteiger partial charge in [-0.25, -0.2) is 4.79 Å². The summed E-state index contributed by atoms with van der Waals surface area (Å²) in [5, 5.41) is 9.80. The SMILES string of the molecule is CC(C)OC(=O)[C@](N)(O)CCc1ccccc1. The summed E-state index contributed by atoms with van der Waals surface area (Å²) in [6, 6.07) is 9.55. The zero-order valence-corrected chi connectivity index (χ0v) is 10.2. The third-order valence-electron chi connectivity index (χ3n) is 2.33. The van der Waals surface area contributed by atoms with Crippen molar-refractivity contribution < 1.29 is 14.6 Å². The Morgan fingerprint density at radius 3 is 2.53 bits per heavy atom. The fourth-order valence-electron chi connectivity index (χ4n) is 1.40. The van der Waals surface area contributed by atoms with E-state index >= 15 is 0 Å². The molecule has 0 aromatic heterocycles. The number of nitrogens with two attached hydrogens (primary N) is 1. The van der Waals surface area contributed by atoms with Gasteiger partial charge in [0.15, 0.2) is 0 Å². The Morgan fingerprint density at radius 1 is 1.41 bits per heavy atom. The van der Waals surface area contributed by atoms with Crippen LogP contribution in [0.5, 0.6) is 0 Å². The summed E-state index contributed by atoms with van der Waals surface area (Å²) in [5.74, 6) is -0.775. The first-order chi connectivity index (χ1) is 7.92. The molecule has 0 unspecified atom stereocenters. The van der Waals surface area contributed by atoms with Crippen LogP contribution in [0.15, 0.2) is 30.3 Å². The topological polar surface area (TPSA) is 72.5 Å². The first kappa shape index (κ1) is 13.7. The van der Waals surface area contributed by atoms with Crippen LogP contribution in [0.1, 0.15) is 25.8 Å². The molecule has 94 valence electrons. The van der Waals surface area contributed by atoms with Gasteiger partial charge in [-0.1, -0.05) is 30.3 Å². The Balaban J connectivity index is 2.52. The van der Waals surface area contributed by atoms with Crippen molar-refractivity contribution in [2.24, 2.45) is 5.73 Å². The second-order valence-corrected chi connectivity index (χ2v) is 4.36. The van der Waals surface area contributed by atoms with E-state index in [0.29, 0.717) is 6.42 Å². The van der Waals surface area contributed by atoms with E-state index in [9.17, 15) is 9.90 Å². The van der Waals surface area contributed by atoms with Crippen molar-refractivity contribution in [1.29, 1.82) is 0 Å². The van der Waals surface area contributed by atoms with E-state index in [2.05, 4.69) is 0 Å². The van der Waals surface area contributed by atoms with Crippen LogP contribution in [0, 0.1) is 0 Å². The molecule has 0 aliphatic heterocycles. The highest BCUT2D eigenvalue weighted by molar-refractivity contribution is 5.78.